The second-order valence-electron chi connectivity index (χ2n) is 4.01. The summed E-state index contributed by atoms with van der Waals surface area (Å²) in [5, 5.41) is 0. The maximum atomic E-state index is 5.54. The van der Waals surface area contributed by atoms with Gasteiger partial charge < -0.3 is 10.6 Å². The van der Waals surface area contributed by atoms with Crippen molar-refractivity contribution in [3.63, 3.8) is 0 Å². The van der Waals surface area contributed by atoms with Gasteiger partial charge in [0.05, 0.1) is 11.9 Å². The lowest BCUT2D eigenvalue weighted by molar-refractivity contribution is 0.612. The van der Waals surface area contributed by atoms with Crippen LogP contribution in [0, 0.1) is 5.92 Å². The van der Waals surface area contributed by atoms with Crippen LogP contribution in [0.2, 0.25) is 0 Å². The number of anilines is 1. The minimum absolute atomic E-state index is 0.445. The molecule has 0 radical (unpaired) electrons. The van der Waals surface area contributed by atoms with Crippen LogP contribution < -0.4 is 10.6 Å². The van der Waals surface area contributed by atoms with Gasteiger partial charge in [0, 0.05) is 25.8 Å². The maximum absolute atomic E-state index is 5.54. The van der Waals surface area contributed by atoms with Gasteiger partial charge in [-0.3, -0.25) is 4.98 Å². The first-order valence-corrected chi connectivity index (χ1v) is 5.43. The number of aromatic nitrogens is 2. The first-order valence-electron chi connectivity index (χ1n) is 5.43. The molecule has 1 aromatic heterocycles. The largest absolute Gasteiger partial charge is 0.355 e. The van der Waals surface area contributed by atoms with Crippen molar-refractivity contribution in [2.45, 2.75) is 27.3 Å². The third-order valence-electron chi connectivity index (χ3n) is 2.17. The maximum Gasteiger partial charge on any atom is 0.147 e. The zero-order chi connectivity index (χ0) is 11.3. The van der Waals surface area contributed by atoms with Crippen LogP contribution in [0.3, 0.4) is 0 Å². The zero-order valence-corrected chi connectivity index (χ0v) is 9.77. The Kier molecular flexibility index (Phi) is 4.49. The molecule has 0 aliphatic carbocycles. The Bertz CT molecular complexity index is 298. The van der Waals surface area contributed by atoms with Gasteiger partial charge in [-0.1, -0.05) is 13.8 Å². The van der Waals surface area contributed by atoms with Crippen molar-refractivity contribution < 1.29 is 0 Å². The van der Waals surface area contributed by atoms with Gasteiger partial charge in [0.1, 0.15) is 5.82 Å². The summed E-state index contributed by atoms with van der Waals surface area (Å²) in [5.41, 5.74) is 6.38. The van der Waals surface area contributed by atoms with E-state index in [0.29, 0.717) is 12.5 Å². The summed E-state index contributed by atoms with van der Waals surface area (Å²) in [6, 6.07) is 0. The molecule has 0 aliphatic rings. The first-order chi connectivity index (χ1) is 7.17. The second-order valence-corrected chi connectivity index (χ2v) is 4.01. The van der Waals surface area contributed by atoms with Crippen LogP contribution in [-0.2, 0) is 6.54 Å². The van der Waals surface area contributed by atoms with Gasteiger partial charge in [-0.2, -0.15) is 0 Å². The van der Waals surface area contributed by atoms with Crippen LogP contribution >= 0.6 is 0 Å². The minimum Gasteiger partial charge on any atom is -0.355 e. The van der Waals surface area contributed by atoms with E-state index in [4.69, 9.17) is 5.73 Å². The van der Waals surface area contributed by atoms with Crippen LogP contribution in [0.1, 0.15) is 26.5 Å². The average Bonchev–Trinajstić information content (AvgIpc) is 2.25. The van der Waals surface area contributed by atoms with Crippen molar-refractivity contribution in [3.05, 3.63) is 18.1 Å². The number of nitrogens with two attached hydrogens (primary N) is 1. The molecule has 15 heavy (non-hydrogen) atoms. The van der Waals surface area contributed by atoms with Gasteiger partial charge in [-0.15, -0.1) is 0 Å². The number of nitrogens with zero attached hydrogens (tertiary/aromatic N) is 3. The molecule has 0 unspecified atom stereocenters. The minimum atomic E-state index is 0.445. The molecule has 0 bridgehead atoms. The fourth-order valence-electron chi connectivity index (χ4n) is 1.47. The van der Waals surface area contributed by atoms with E-state index in [2.05, 4.69) is 35.6 Å². The Labute approximate surface area is 91.5 Å². The molecule has 0 amide bonds. The van der Waals surface area contributed by atoms with E-state index < -0.39 is 0 Å². The number of hydrogen-bond donors (Lipinski definition) is 1. The van der Waals surface area contributed by atoms with Crippen LogP contribution in [0.5, 0.6) is 0 Å². The van der Waals surface area contributed by atoms with Gasteiger partial charge >= 0.3 is 0 Å². The molecule has 0 saturated heterocycles. The van der Waals surface area contributed by atoms with E-state index in [1.807, 2.05) is 0 Å². The molecule has 1 heterocycles. The summed E-state index contributed by atoms with van der Waals surface area (Å²) in [5.74, 6) is 1.54. The van der Waals surface area contributed by atoms with Gasteiger partial charge in [-0.25, -0.2) is 4.98 Å². The molecule has 0 aliphatic heterocycles. The van der Waals surface area contributed by atoms with Gasteiger partial charge in [0.25, 0.3) is 0 Å². The highest BCUT2D eigenvalue weighted by Gasteiger charge is 2.08. The van der Waals surface area contributed by atoms with E-state index in [1.54, 1.807) is 12.4 Å². The molecule has 4 nitrogen and oxygen atoms in total. The topological polar surface area (TPSA) is 55.0 Å². The highest BCUT2D eigenvalue weighted by Crippen LogP contribution is 2.11. The third kappa shape index (κ3) is 3.47. The summed E-state index contributed by atoms with van der Waals surface area (Å²) in [4.78, 5) is 10.8. The fraction of sp³-hybridized carbons (Fsp3) is 0.636. The Morgan fingerprint density at radius 3 is 2.67 bits per heavy atom. The van der Waals surface area contributed by atoms with Crippen molar-refractivity contribution in [2.75, 3.05) is 18.0 Å². The lowest BCUT2D eigenvalue weighted by Crippen LogP contribution is -2.28. The van der Waals surface area contributed by atoms with E-state index in [0.717, 1.165) is 24.6 Å². The van der Waals surface area contributed by atoms with Gasteiger partial charge in [0.2, 0.25) is 0 Å². The summed E-state index contributed by atoms with van der Waals surface area (Å²) in [7, 11) is 0. The van der Waals surface area contributed by atoms with Crippen molar-refractivity contribution in [2.24, 2.45) is 11.7 Å². The van der Waals surface area contributed by atoms with Gasteiger partial charge in [0.15, 0.2) is 0 Å². The predicted octanol–water partition coefficient (Wildman–Crippen LogP) is 1.42. The van der Waals surface area contributed by atoms with Crippen molar-refractivity contribution in [1.82, 2.24) is 9.97 Å². The SMILES string of the molecule is CCN(CC(C)C)c1cncc(CN)n1. The molecule has 0 aromatic carbocycles. The molecule has 0 atom stereocenters. The molecule has 0 saturated carbocycles. The first kappa shape index (κ1) is 11.9. The Hall–Kier alpha value is -1.16. The monoisotopic (exact) mass is 208 g/mol. The Balaban J connectivity index is 2.81. The molecule has 2 N–H and O–H groups in total. The van der Waals surface area contributed by atoms with Crippen LogP contribution in [0.25, 0.3) is 0 Å². The van der Waals surface area contributed by atoms with Crippen molar-refractivity contribution >= 4 is 5.82 Å². The normalized spacial score (nSPS) is 10.7. The van der Waals surface area contributed by atoms with Crippen LogP contribution in [-0.4, -0.2) is 23.1 Å². The third-order valence-corrected chi connectivity index (χ3v) is 2.17. The van der Waals surface area contributed by atoms with E-state index >= 15 is 0 Å². The molecule has 0 fully saturated rings. The smallest absolute Gasteiger partial charge is 0.147 e. The molecular weight excluding hydrogens is 188 g/mol. The highest BCUT2D eigenvalue weighted by atomic mass is 15.2. The Morgan fingerprint density at radius 2 is 2.13 bits per heavy atom. The van der Waals surface area contributed by atoms with Crippen LogP contribution in [0.15, 0.2) is 12.4 Å². The van der Waals surface area contributed by atoms with Crippen LogP contribution in [0.4, 0.5) is 5.82 Å². The quantitative estimate of drug-likeness (QED) is 0.795. The summed E-state index contributed by atoms with van der Waals surface area (Å²) in [6.07, 6.45) is 3.51. The van der Waals surface area contributed by atoms with Crippen molar-refractivity contribution in [3.8, 4) is 0 Å². The lowest BCUT2D eigenvalue weighted by Gasteiger charge is -2.23. The van der Waals surface area contributed by atoms with Gasteiger partial charge in [-0.05, 0) is 12.8 Å². The second kappa shape index (κ2) is 5.66. The summed E-state index contributed by atoms with van der Waals surface area (Å²) >= 11 is 0. The zero-order valence-electron chi connectivity index (χ0n) is 9.77. The van der Waals surface area contributed by atoms with E-state index in [-0.39, 0.29) is 0 Å². The van der Waals surface area contributed by atoms with Crippen molar-refractivity contribution in [1.29, 1.82) is 0 Å². The summed E-state index contributed by atoms with van der Waals surface area (Å²) < 4.78 is 0. The standard InChI is InChI=1S/C11H20N4/c1-4-15(8-9(2)3)11-7-13-6-10(5-12)14-11/h6-7,9H,4-5,8,12H2,1-3H3. The highest BCUT2D eigenvalue weighted by molar-refractivity contribution is 5.36. The molecule has 1 rings (SSSR count). The van der Waals surface area contributed by atoms with E-state index in [1.165, 1.54) is 0 Å². The Morgan fingerprint density at radius 1 is 1.40 bits per heavy atom. The molecule has 84 valence electrons. The molecule has 0 spiro atoms. The summed E-state index contributed by atoms with van der Waals surface area (Å²) in [6.45, 7) is 8.91. The molecular formula is C11H20N4. The lowest BCUT2D eigenvalue weighted by atomic mass is 10.2. The molecule has 4 heteroatoms. The average molecular weight is 208 g/mol. The van der Waals surface area contributed by atoms with E-state index in [9.17, 15) is 0 Å². The predicted molar refractivity (Wildman–Crippen MR) is 62.6 cm³/mol. The molecule has 1 aromatic rings. The number of hydrogen-bond acceptors (Lipinski definition) is 4. The fourth-order valence-corrected chi connectivity index (χ4v) is 1.47. The number of rotatable bonds is 5.